The van der Waals surface area contributed by atoms with Crippen LogP contribution in [0.2, 0.25) is 10.0 Å². The van der Waals surface area contributed by atoms with E-state index in [1.165, 1.54) is 6.33 Å². The molecule has 2 heterocycles. The summed E-state index contributed by atoms with van der Waals surface area (Å²) in [5.41, 5.74) is 4.28. The smallest absolute Gasteiger partial charge is 0.255 e. The number of carbonyl (C=O) groups excluding carboxylic acids is 1. The summed E-state index contributed by atoms with van der Waals surface area (Å²) in [6.45, 7) is 0.993. The molecule has 0 saturated heterocycles. The lowest BCUT2D eigenvalue weighted by Gasteiger charge is -2.12. The van der Waals surface area contributed by atoms with Gasteiger partial charge in [-0.05, 0) is 42.2 Å². The number of nitrogens with one attached hydrogen (secondary N) is 1. The molecule has 1 aliphatic rings. The van der Waals surface area contributed by atoms with E-state index < -0.39 is 0 Å². The zero-order valence-electron chi connectivity index (χ0n) is 17.1. The van der Waals surface area contributed by atoms with Gasteiger partial charge in [0.25, 0.3) is 5.91 Å². The minimum atomic E-state index is -0.154. The third kappa shape index (κ3) is 4.26. The number of hydrogen-bond donors (Lipinski definition) is 1. The Morgan fingerprint density at radius 3 is 2.62 bits per heavy atom. The van der Waals surface area contributed by atoms with Crippen LogP contribution in [0.25, 0.3) is 5.69 Å². The first-order valence-corrected chi connectivity index (χ1v) is 11.1. The monoisotopic (exact) mass is 466 g/mol. The van der Waals surface area contributed by atoms with Crippen LogP contribution in [0.4, 0.5) is 0 Å². The molecule has 0 bridgehead atoms. The zero-order chi connectivity index (χ0) is 22.1. The van der Waals surface area contributed by atoms with Crippen LogP contribution in [0.3, 0.4) is 0 Å². The fourth-order valence-corrected chi connectivity index (χ4v) is 4.26. The quantitative estimate of drug-likeness (QED) is 0.430. The summed E-state index contributed by atoms with van der Waals surface area (Å²) >= 11 is 12.5. The summed E-state index contributed by atoms with van der Waals surface area (Å²) in [6, 6.07) is 13.2. The fourth-order valence-electron chi connectivity index (χ4n) is 3.77. The van der Waals surface area contributed by atoms with Crippen LogP contribution in [0, 0.1) is 0 Å². The maximum Gasteiger partial charge on any atom is 0.255 e. The van der Waals surface area contributed by atoms with E-state index in [0.717, 1.165) is 35.3 Å². The predicted octanol–water partition coefficient (Wildman–Crippen LogP) is 4.63. The van der Waals surface area contributed by atoms with Crippen LogP contribution in [0.1, 0.15) is 45.9 Å². The number of rotatable bonds is 7. The van der Waals surface area contributed by atoms with Crippen LogP contribution in [0.5, 0.6) is 0 Å². The average Bonchev–Trinajstić information content (AvgIpc) is 3.31. The molecule has 9 heteroatoms. The summed E-state index contributed by atoms with van der Waals surface area (Å²) in [7, 11) is 0. The van der Waals surface area contributed by atoms with Gasteiger partial charge < -0.3 is 5.32 Å². The van der Waals surface area contributed by atoms with Crippen LogP contribution in [-0.2, 0) is 13.1 Å². The normalized spacial score (nSPS) is 13.3. The van der Waals surface area contributed by atoms with Crippen molar-refractivity contribution in [3.8, 4) is 5.69 Å². The van der Waals surface area contributed by atoms with Crippen molar-refractivity contribution < 1.29 is 4.79 Å². The summed E-state index contributed by atoms with van der Waals surface area (Å²) in [5.74, 6) is 0.142. The molecule has 0 unspecified atom stereocenters. The number of aromatic nitrogens is 5. The van der Waals surface area contributed by atoms with Gasteiger partial charge in [0.2, 0.25) is 0 Å². The van der Waals surface area contributed by atoms with Gasteiger partial charge in [0.1, 0.15) is 12.7 Å². The summed E-state index contributed by atoms with van der Waals surface area (Å²) < 4.78 is 3.52. The van der Waals surface area contributed by atoms with Gasteiger partial charge >= 0.3 is 0 Å². The molecule has 2 aromatic carbocycles. The van der Waals surface area contributed by atoms with Crippen LogP contribution >= 0.6 is 23.2 Å². The van der Waals surface area contributed by atoms with Gasteiger partial charge in [0, 0.05) is 17.5 Å². The van der Waals surface area contributed by atoms with Gasteiger partial charge in [-0.15, -0.1) is 0 Å². The van der Waals surface area contributed by atoms with E-state index in [1.54, 1.807) is 34.0 Å². The van der Waals surface area contributed by atoms with E-state index in [9.17, 15) is 4.79 Å². The molecule has 32 heavy (non-hydrogen) atoms. The number of halogens is 2. The molecule has 2 aromatic heterocycles. The lowest BCUT2D eigenvalue weighted by Crippen LogP contribution is -2.24. The van der Waals surface area contributed by atoms with Gasteiger partial charge in [-0.25, -0.2) is 14.3 Å². The highest BCUT2D eigenvalue weighted by Gasteiger charge is 2.33. The van der Waals surface area contributed by atoms with Gasteiger partial charge in [0.05, 0.1) is 34.7 Å². The molecule has 1 fully saturated rings. The molecule has 1 saturated carbocycles. The highest BCUT2D eigenvalue weighted by Crippen LogP contribution is 2.43. The van der Waals surface area contributed by atoms with E-state index in [0.29, 0.717) is 34.6 Å². The molecule has 162 valence electrons. The molecule has 0 spiro atoms. The van der Waals surface area contributed by atoms with E-state index >= 15 is 0 Å². The topological polar surface area (TPSA) is 77.6 Å². The first kappa shape index (κ1) is 20.7. The second-order valence-electron chi connectivity index (χ2n) is 7.77. The van der Waals surface area contributed by atoms with E-state index in [-0.39, 0.29) is 5.91 Å². The number of amides is 1. The van der Waals surface area contributed by atoms with Crippen LogP contribution < -0.4 is 5.32 Å². The standard InChI is InChI=1S/C23H20Cl2N6O/c24-18-7-8-21(20(25)9-18)31-22(15-5-6-15)19(11-28-31)23(32)27-10-16-3-1-2-4-17(16)12-30-14-26-13-29-30/h1-4,7-9,11,13-15H,5-6,10,12H2,(H,27,32). The van der Waals surface area contributed by atoms with Gasteiger partial charge in [-0.2, -0.15) is 10.2 Å². The molecule has 0 aliphatic heterocycles. The molecule has 4 aromatic rings. The molecule has 5 rings (SSSR count). The zero-order valence-corrected chi connectivity index (χ0v) is 18.6. The van der Waals surface area contributed by atoms with E-state index in [2.05, 4.69) is 20.5 Å². The Hall–Kier alpha value is -3.16. The van der Waals surface area contributed by atoms with Gasteiger partial charge in [-0.1, -0.05) is 47.5 Å². The SMILES string of the molecule is O=C(NCc1ccccc1Cn1cncn1)c1cnn(-c2ccc(Cl)cc2Cl)c1C1CC1. The van der Waals surface area contributed by atoms with Crippen molar-refractivity contribution in [3.63, 3.8) is 0 Å². The molecule has 1 aliphatic carbocycles. The summed E-state index contributed by atoms with van der Waals surface area (Å²) in [6.07, 6.45) is 6.85. The Labute approximate surface area is 195 Å². The molecular formula is C23H20Cl2N6O. The lowest BCUT2D eigenvalue weighted by molar-refractivity contribution is 0.0949. The fraction of sp³-hybridized carbons (Fsp3) is 0.217. The lowest BCUT2D eigenvalue weighted by atomic mass is 10.1. The van der Waals surface area contributed by atoms with Gasteiger partial charge in [-0.3, -0.25) is 4.79 Å². The van der Waals surface area contributed by atoms with E-state index in [4.69, 9.17) is 23.2 Å². The number of hydrogen-bond acceptors (Lipinski definition) is 4. The second-order valence-corrected chi connectivity index (χ2v) is 8.61. The maximum absolute atomic E-state index is 13.1. The number of benzene rings is 2. The Morgan fingerprint density at radius 1 is 1.09 bits per heavy atom. The minimum Gasteiger partial charge on any atom is -0.348 e. The number of nitrogens with zero attached hydrogens (tertiary/aromatic N) is 5. The van der Waals surface area contributed by atoms with Crippen molar-refractivity contribution in [1.82, 2.24) is 29.9 Å². The van der Waals surface area contributed by atoms with Crippen molar-refractivity contribution in [3.05, 3.63) is 93.7 Å². The van der Waals surface area contributed by atoms with Gasteiger partial charge in [0.15, 0.2) is 0 Å². The summed E-state index contributed by atoms with van der Waals surface area (Å²) in [5, 5.41) is 12.8. The number of carbonyl (C=O) groups is 1. The van der Waals surface area contributed by atoms with E-state index in [1.807, 2.05) is 30.3 Å². The van der Waals surface area contributed by atoms with Crippen LogP contribution in [0.15, 0.2) is 61.3 Å². The Kier molecular flexibility index (Phi) is 5.68. The molecular weight excluding hydrogens is 447 g/mol. The Morgan fingerprint density at radius 2 is 1.91 bits per heavy atom. The molecule has 1 N–H and O–H groups in total. The van der Waals surface area contributed by atoms with Crippen molar-refractivity contribution in [2.45, 2.75) is 31.8 Å². The van der Waals surface area contributed by atoms with Crippen molar-refractivity contribution in [2.24, 2.45) is 0 Å². The Bertz CT molecular complexity index is 1260. The largest absolute Gasteiger partial charge is 0.348 e. The molecule has 0 radical (unpaired) electrons. The Balaban J connectivity index is 1.38. The first-order chi connectivity index (χ1) is 15.6. The second kappa shape index (κ2) is 8.76. The highest BCUT2D eigenvalue weighted by molar-refractivity contribution is 6.35. The predicted molar refractivity (Wildman–Crippen MR) is 122 cm³/mol. The highest BCUT2D eigenvalue weighted by atomic mass is 35.5. The minimum absolute atomic E-state index is 0.154. The molecule has 7 nitrogen and oxygen atoms in total. The maximum atomic E-state index is 13.1. The van der Waals surface area contributed by atoms with Crippen molar-refractivity contribution in [1.29, 1.82) is 0 Å². The average molecular weight is 467 g/mol. The van der Waals surface area contributed by atoms with Crippen LogP contribution in [-0.4, -0.2) is 30.5 Å². The first-order valence-electron chi connectivity index (χ1n) is 10.3. The third-order valence-electron chi connectivity index (χ3n) is 5.51. The molecule has 0 atom stereocenters. The third-order valence-corrected chi connectivity index (χ3v) is 6.05. The molecule has 1 amide bonds. The van der Waals surface area contributed by atoms with Crippen molar-refractivity contribution >= 4 is 29.1 Å². The summed E-state index contributed by atoms with van der Waals surface area (Å²) in [4.78, 5) is 17.1. The van der Waals surface area contributed by atoms with Crippen molar-refractivity contribution in [2.75, 3.05) is 0 Å².